The fourth-order valence-corrected chi connectivity index (χ4v) is 2.49. The predicted octanol–water partition coefficient (Wildman–Crippen LogP) is 2.82. The van der Waals surface area contributed by atoms with Crippen molar-refractivity contribution in [1.29, 1.82) is 0 Å². The average Bonchev–Trinajstić information content (AvgIpc) is 2.60. The van der Waals surface area contributed by atoms with Crippen LogP contribution in [0.25, 0.3) is 0 Å². The Balaban J connectivity index is 2.09. The lowest BCUT2D eigenvalue weighted by Gasteiger charge is -2.12. The molecule has 0 saturated heterocycles. The Morgan fingerprint density at radius 2 is 2.00 bits per heavy atom. The SMILES string of the molecule is COc1cc(/C=N\NC(=O)c2ccc(F)cc2)cc(Br)c1OCC(=O)O. The molecular weight excluding hydrogens is 411 g/mol. The van der Waals surface area contributed by atoms with Gasteiger partial charge >= 0.3 is 5.97 Å². The number of carboxylic acids is 1. The molecule has 0 aliphatic heterocycles. The van der Waals surface area contributed by atoms with Gasteiger partial charge in [-0.1, -0.05) is 0 Å². The van der Waals surface area contributed by atoms with Gasteiger partial charge in [-0.2, -0.15) is 5.10 Å². The first-order valence-corrected chi connectivity index (χ1v) is 8.01. The van der Waals surface area contributed by atoms with Gasteiger partial charge in [0.05, 0.1) is 17.8 Å². The van der Waals surface area contributed by atoms with Crippen molar-refractivity contribution in [2.75, 3.05) is 13.7 Å². The molecule has 26 heavy (non-hydrogen) atoms. The van der Waals surface area contributed by atoms with E-state index in [-0.39, 0.29) is 11.3 Å². The molecule has 0 aliphatic carbocycles. The minimum Gasteiger partial charge on any atom is -0.493 e. The molecule has 0 fully saturated rings. The number of nitrogens with zero attached hydrogens (tertiary/aromatic N) is 1. The van der Waals surface area contributed by atoms with Crippen LogP contribution in [0.4, 0.5) is 4.39 Å². The first-order chi connectivity index (χ1) is 12.4. The van der Waals surface area contributed by atoms with Crippen LogP contribution in [-0.2, 0) is 4.79 Å². The summed E-state index contributed by atoms with van der Waals surface area (Å²) in [6.45, 7) is -0.518. The summed E-state index contributed by atoms with van der Waals surface area (Å²) in [6, 6.07) is 8.22. The van der Waals surface area contributed by atoms with E-state index in [9.17, 15) is 14.0 Å². The van der Waals surface area contributed by atoms with Gasteiger partial charge in [-0.25, -0.2) is 14.6 Å². The molecule has 2 aromatic rings. The largest absolute Gasteiger partial charge is 0.493 e. The lowest BCUT2D eigenvalue weighted by Crippen LogP contribution is -2.17. The second-order valence-corrected chi connectivity index (χ2v) is 5.78. The second-order valence-electron chi connectivity index (χ2n) is 4.92. The zero-order valence-electron chi connectivity index (χ0n) is 13.5. The van der Waals surface area contributed by atoms with Gasteiger partial charge in [-0.3, -0.25) is 4.79 Å². The van der Waals surface area contributed by atoms with Gasteiger partial charge in [-0.05, 0) is 57.9 Å². The second kappa shape index (κ2) is 8.95. The number of nitrogens with one attached hydrogen (secondary N) is 1. The highest BCUT2D eigenvalue weighted by molar-refractivity contribution is 9.10. The number of hydrazone groups is 1. The molecule has 0 aromatic heterocycles. The van der Waals surface area contributed by atoms with Gasteiger partial charge in [0.2, 0.25) is 0 Å². The van der Waals surface area contributed by atoms with Crippen LogP contribution >= 0.6 is 15.9 Å². The molecule has 0 radical (unpaired) electrons. The number of hydrogen-bond acceptors (Lipinski definition) is 5. The molecule has 136 valence electrons. The number of hydrogen-bond donors (Lipinski definition) is 2. The third-order valence-electron chi connectivity index (χ3n) is 3.08. The molecule has 0 spiro atoms. The number of carbonyl (C=O) groups is 2. The number of aliphatic carboxylic acids is 1. The summed E-state index contributed by atoms with van der Waals surface area (Å²) in [5.41, 5.74) is 3.15. The quantitative estimate of drug-likeness (QED) is 0.526. The Morgan fingerprint density at radius 3 is 2.62 bits per heavy atom. The number of ether oxygens (including phenoxy) is 2. The van der Waals surface area contributed by atoms with Crippen molar-refractivity contribution in [3.05, 3.63) is 57.8 Å². The molecule has 0 heterocycles. The van der Waals surface area contributed by atoms with Crippen molar-refractivity contribution in [2.24, 2.45) is 5.10 Å². The molecule has 0 unspecified atom stereocenters. The van der Waals surface area contributed by atoms with E-state index in [4.69, 9.17) is 14.6 Å². The number of methoxy groups -OCH3 is 1. The summed E-state index contributed by atoms with van der Waals surface area (Å²) in [5, 5.41) is 12.5. The number of carbonyl (C=O) groups excluding carboxylic acids is 1. The van der Waals surface area contributed by atoms with E-state index in [1.807, 2.05) is 0 Å². The van der Waals surface area contributed by atoms with Gasteiger partial charge in [0, 0.05) is 5.56 Å². The van der Waals surface area contributed by atoms with Crippen molar-refractivity contribution in [2.45, 2.75) is 0 Å². The highest BCUT2D eigenvalue weighted by Gasteiger charge is 2.13. The third kappa shape index (κ3) is 5.28. The normalized spacial score (nSPS) is 10.6. The summed E-state index contributed by atoms with van der Waals surface area (Å²) < 4.78 is 23.7. The minimum absolute atomic E-state index is 0.238. The Labute approximate surface area is 156 Å². The molecule has 2 aromatic carbocycles. The molecule has 0 aliphatic rings. The Bertz CT molecular complexity index is 840. The van der Waals surface area contributed by atoms with Crippen LogP contribution < -0.4 is 14.9 Å². The van der Waals surface area contributed by atoms with Crippen LogP contribution in [0, 0.1) is 5.82 Å². The van der Waals surface area contributed by atoms with Crippen molar-refractivity contribution in [3.8, 4) is 11.5 Å². The van der Waals surface area contributed by atoms with Gasteiger partial charge in [0.1, 0.15) is 5.82 Å². The van der Waals surface area contributed by atoms with E-state index in [0.717, 1.165) is 0 Å². The average molecular weight is 425 g/mol. The summed E-state index contributed by atoms with van der Waals surface area (Å²) >= 11 is 3.27. The Kier molecular flexibility index (Phi) is 6.67. The maximum Gasteiger partial charge on any atom is 0.341 e. The summed E-state index contributed by atoms with van der Waals surface area (Å²) in [5.74, 6) is -1.51. The van der Waals surface area contributed by atoms with Gasteiger partial charge in [0.25, 0.3) is 5.91 Å². The highest BCUT2D eigenvalue weighted by atomic mass is 79.9. The maximum atomic E-state index is 12.8. The molecular formula is C17H14BrFN2O5. The van der Waals surface area contributed by atoms with E-state index in [1.165, 1.54) is 37.6 Å². The van der Waals surface area contributed by atoms with Crippen LogP contribution in [0.3, 0.4) is 0 Å². The zero-order chi connectivity index (χ0) is 19.1. The first kappa shape index (κ1) is 19.4. The molecule has 0 bridgehead atoms. The van der Waals surface area contributed by atoms with E-state index in [1.54, 1.807) is 12.1 Å². The monoisotopic (exact) mass is 424 g/mol. The van der Waals surface area contributed by atoms with Crippen LogP contribution in [0.1, 0.15) is 15.9 Å². The highest BCUT2D eigenvalue weighted by Crippen LogP contribution is 2.36. The van der Waals surface area contributed by atoms with Gasteiger partial charge in [-0.15, -0.1) is 0 Å². The van der Waals surface area contributed by atoms with Crippen LogP contribution in [0.15, 0.2) is 46.0 Å². The van der Waals surface area contributed by atoms with Crippen molar-refractivity contribution in [3.63, 3.8) is 0 Å². The van der Waals surface area contributed by atoms with Crippen molar-refractivity contribution in [1.82, 2.24) is 5.43 Å². The van der Waals surface area contributed by atoms with E-state index in [2.05, 4.69) is 26.5 Å². The number of benzene rings is 2. The van der Waals surface area contributed by atoms with Gasteiger partial charge < -0.3 is 14.6 Å². The summed E-state index contributed by atoms with van der Waals surface area (Å²) in [7, 11) is 1.41. The Hall–Kier alpha value is -2.94. The van der Waals surface area contributed by atoms with Crippen LogP contribution in [0.5, 0.6) is 11.5 Å². The van der Waals surface area contributed by atoms with E-state index in [0.29, 0.717) is 15.8 Å². The molecule has 0 atom stereocenters. The Morgan fingerprint density at radius 1 is 1.31 bits per heavy atom. The fraction of sp³-hybridized carbons (Fsp3) is 0.118. The molecule has 9 heteroatoms. The van der Waals surface area contributed by atoms with Gasteiger partial charge in [0.15, 0.2) is 18.1 Å². The number of halogens is 2. The molecule has 2 rings (SSSR count). The summed E-state index contributed by atoms with van der Waals surface area (Å²) in [4.78, 5) is 22.5. The smallest absolute Gasteiger partial charge is 0.341 e. The summed E-state index contributed by atoms with van der Waals surface area (Å²) in [6.07, 6.45) is 1.37. The van der Waals surface area contributed by atoms with Crippen molar-refractivity contribution < 1.29 is 28.6 Å². The lowest BCUT2D eigenvalue weighted by atomic mass is 10.2. The number of carboxylic acid groups (broad SMARTS) is 1. The lowest BCUT2D eigenvalue weighted by molar-refractivity contribution is -0.139. The molecule has 2 N–H and O–H groups in total. The third-order valence-corrected chi connectivity index (χ3v) is 3.67. The van der Waals surface area contributed by atoms with Crippen molar-refractivity contribution >= 4 is 34.0 Å². The standard InChI is InChI=1S/C17H14BrFN2O5/c1-25-14-7-10(6-13(18)16(14)26-9-15(22)23)8-20-21-17(24)11-2-4-12(19)5-3-11/h2-8H,9H2,1H3,(H,21,24)(H,22,23)/b20-8-. The zero-order valence-corrected chi connectivity index (χ0v) is 15.1. The number of rotatable bonds is 7. The first-order valence-electron chi connectivity index (χ1n) is 7.22. The molecule has 1 amide bonds. The van der Waals surface area contributed by atoms with Crippen LogP contribution in [-0.4, -0.2) is 36.9 Å². The molecule has 0 saturated carbocycles. The van der Waals surface area contributed by atoms with E-state index < -0.39 is 24.3 Å². The molecule has 7 nitrogen and oxygen atoms in total. The number of amides is 1. The fourth-order valence-electron chi connectivity index (χ4n) is 1.92. The predicted molar refractivity (Wildman–Crippen MR) is 95.3 cm³/mol. The topological polar surface area (TPSA) is 97.2 Å². The maximum absolute atomic E-state index is 12.8. The van der Waals surface area contributed by atoms with Crippen LogP contribution in [0.2, 0.25) is 0 Å². The minimum atomic E-state index is -1.12. The van der Waals surface area contributed by atoms with E-state index >= 15 is 0 Å².